The fourth-order valence-corrected chi connectivity index (χ4v) is 3.21. The maximum atomic E-state index is 5.42. The van der Waals surface area contributed by atoms with Crippen molar-refractivity contribution in [1.29, 1.82) is 0 Å². The van der Waals surface area contributed by atoms with Gasteiger partial charge in [-0.25, -0.2) is 4.98 Å². The van der Waals surface area contributed by atoms with E-state index in [1.54, 1.807) is 0 Å². The number of rotatable bonds is 2. The third-order valence-corrected chi connectivity index (χ3v) is 4.54. The van der Waals surface area contributed by atoms with Gasteiger partial charge in [0.15, 0.2) is 0 Å². The monoisotopic (exact) mass is 307 g/mol. The summed E-state index contributed by atoms with van der Waals surface area (Å²) in [5, 5.41) is 0. The molecule has 1 aliphatic heterocycles. The van der Waals surface area contributed by atoms with Crippen molar-refractivity contribution < 1.29 is 4.74 Å². The summed E-state index contributed by atoms with van der Waals surface area (Å²) in [5.41, 5.74) is 5.87. The predicted octanol–water partition coefficient (Wildman–Crippen LogP) is 3.39. The van der Waals surface area contributed by atoms with Gasteiger partial charge < -0.3 is 14.2 Å². The highest BCUT2D eigenvalue weighted by Gasteiger charge is 2.13. The summed E-state index contributed by atoms with van der Waals surface area (Å²) >= 11 is 0. The number of imidazole rings is 1. The maximum Gasteiger partial charge on any atom is 0.140 e. The summed E-state index contributed by atoms with van der Waals surface area (Å²) < 4.78 is 7.58. The molecule has 1 aromatic heterocycles. The Kier molecular flexibility index (Phi) is 3.54. The van der Waals surface area contributed by atoms with Crippen LogP contribution in [0.15, 0.2) is 42.5 Å². The van der Waals surface area contributed by atoms with E-state index in [0.717, 1.165) is 43.2 Å². The molecule has 0 atom stereocenters. The van der Waals surface area contributed by atoms with Gasteiger partial charge in [0.1, 0.15) is 5.82 Å². The normalized spacial score (nSPS) is 15.3. The van der Waals surface area contributed by atoms with Crippen LogP contribution in [-0.2, 0) is 11.8 Å². The first-order valence-electron chi connectivity index (χ1n) is 8.08. The molecule has 4 heteroatoms. The van der Waals surface area contributed by atoms with Crippen molar-refractivity contribution in [3.63, 3.8) is 0 Å². The summed E-state index contributed by atoms with van der Waals surface area (Å²) in [6.45, 7) is 5.65. The zero-order chi connectivity index (χ0) is 15.8. The summed E-state index contributed by atoms with van der Waals surface area (Å²) in [6.07, 6.45) is 0. The van der Waals surface area contributed by atoms with Crippen LogP contribution < -0.4 is 4.90 Å². The molecule has 3 aromatic rings. The Morgan fingerprint density at radius 2 is 1.74 bits per heavy atom. The molecule has 0 unspecified atom stereocenters. The average Bonchev–Trinajstić information content (AvgIpc) is 2.92. The van der Waals surface area contributed by atoms with Crippen molar-refractivity contribution in [2.24, 2.45) is 7.05 Å². The molecule has 0 saturated carbocycles. The lowest BCUT2D eigenvalue weighted by molar-refractivity contribution is 0.122. The number of aryl methyl sites for hydroxylation is 2. The Hall–Kier alpha value is -2.33. The van der Waals surface area contributed by atoms with Gasteiger partial charge in [-0.3, -0.25) is 0 Å². The van der Waals surface area contributed by atoms with Gasteiger partial charge in [-0.15, -0.1) is 0 Å². The number of aromatic nitrogens is 2. The van der Waals surface area contributed by atoms with Gasteiger partial charge in [0.05, 0.1) is 24.2 Å². The van der Waals surface area contributed by atoms with Gasteiger partial charge in [-0.1, -0.05) is 6.07 Å². The van der Waals surface area contributed by atoms with Gasteiger partial charge in [0.25, 0.3) is 0 Å². The summed E-state index contributed by atoms with van der Waals surface area (Å²) in [5.74, 6) is 1.01. The second-order valence-corrected chi connectivity index (χ2v) is 6.13. The number of hydrogen-bond donors (Lipinski definition) is 0. The molecule has 0 aliphatic carbocycles. The van der Waals surface area contributed by atoms with Crippen LogP contribution in [0.2, 0.25) is 0 Å². The van der Waals surface area contributed by atoms with Crippen LogP contribution in [0, 0.1) is 6.92 Å². The van der Waals surface area contributed by atoms with Crippen LogP contribution >= 0.6 is 0 Å². The van der Waals surface area contributed by atoms with Crippen molar-refractivity contribution in [3.05, 3.63) is 48.0 Å². The van der Waals surface area contributed by atoms with Crippen LogP contribution in [0.25, 0.3) is 22.4 Å². The Morgan fingerprint density at radius 3 is 2.48 bits per heavy atom. The van der Waals surface area contributed by atoms with Gasteiger partial charge in [0, 0.05) is 31.4 Å². The smallest absolute Gasteiger partial charge is 0.140 e. The molecule has 0 amide bonds. The lowest BCUT2D eigenvalue weighted by Gasteiger charge is -2.28. The van der Waals surface area contributed by atoms with Crippen LogP contribution in [-0.4, -0.2) is 35.9 Å². The van der Waals surface area contributed by atoms with E-state index >= 15 is 0 Å². The fraction of sp³-hybridized carbons (Fsp3) is 0.316. The fourth-order valence-electron chi connectivity index (χ4n) is 3.21. The molecule has 0 spiro atoms. The first-order valence-corrected chi connectivity index (χ1v) is 8.08. The molecule has 0 bridgehead atoms. The van der Waals surface area contributed by atoms with E-state index in [9.17, 15) is 0 Å². The lowest BCUT2D eigenvalue weighted by Crippen LogP contribution is -2.36. The Bertz CT molecular complexity index is 830. The van der Waals surface area contributed by atoms with Gasteiger partial charge in [-0.05, 0) is 48.9 Å². The molecule has 0 N–H and O–H groups in total. The van der Waals surface area contributed by atoms with Crippen molar-refractivity contribution in [3.8, 4) is 11.4 Å². The molecule has 2 aromatic carbocycles. The minimum atomic E-state index is 0.811. The van der Waals surface area contributed by atoms with Crippen molar-refractivity contribution in [1.82, 2.24) is 9.55 Å². The third-order valence-electron chi connectivity index (χ3n) is 4.54. The van der Waals surface area contributed by atoms with E-state index in [4.69, 9.17) is 9.72 Å². The van der Waals surface area contributed by atoms with Gasteiger partial charge >= 0.3 is 0 Å². The number of ether oxygens (including phenoxy) is 1. The topological polar surface area (TPSA) is 30.3 Å². The van der Waals surface area contributed by atoms with E-state index < -0.39 is 0 Å². The van der Waals surface area contributed by atoms with Crippen molar-refractivity contribution in [2.45, 2.75) is 6.92 Å². The molecule has 23 heavy (non-hydrogen) atoms. The second kappa shape index (κ2) is 5.70. The van der Waals surface area contributed by atoms with E-state index in [-0.39, 0.29) is 0 Å². The van der Waals surface area contributed by atoms with Crippen molar-refractivity contribution >= 4 is 16.7 Å². The zero-order valence-corrected chi connectivity index (χ0v) is 13.6. The van der Waals surface area contributed by atoms with Crippen LogP contribution in [0.5, 0.6) is 0 Å². The molecular formula is C19H21N3O. The lowest BCUT2D eigenvalue weighted by atomic mass is 10.1. The molecule has 118 valence electrons. The Balaban J connectivity index is 1.69. The Labute approximate surface area is 136 Å². The first-order chi connectivity index (χ1) is 11.2. The standard InChI is InChI=1S/C19H21N3O/c1-14-3-8-18-17(13-14)20-19(21(18)2)15-4-6-16(7-5-15)22-9-11-23-12-10-22/h3-8,13H,9-12H2,1-2H3. The molecule has 1 fully saturated rings. The highest BCUT2D eigenvalue weighted by molar-refractivity contribution is 5.81. The second-order valence-electron chi connectivity index (χ2n) is 6.13. The predicted molar refractivity (Wildman–Crippen MR) is 93.9 cm³/mol. The highest BCUT2D eigenvalue weighted by atomic mass is 16.5. The number of nitrogens with zero attached hydrogens (tertiary/aromatic N) is 3. The zero-order valence-electron chi connectivity index (χ0n) is 13.6. The minimum Gasteiger partial charge on any atom is -0.378 e. The van der Waals surface area contributed by atoms with Gasteiger partial charge in [0.2, 0.25) is 0 Å². The molecule has 4 rings (SSSR count). The molecule has 1 saturated heterocycles. The van der Waals surface area contributed by atoms with Crippen molar-refractivity contribution in [2.75, 3.05) is 31.2 Å². The van der Waals surface area contributed by atoms with Crippen LogP contribution in [0.1, 0.15) is 5.56 Å². The molecule has 2 heterocycles. The average molecular weight is 307 g/mol. The van der Waals surface area contributed by atoms with E-state index in [0.29, 0.717) is 0 Å². The molecule has 1 aliphatic rings. The summed E-state index contributed by atoms with van der Waals surface area (Å²) in [6, 6.07) is 15.1. The molecule has 0 radical (unpaired) electrons. The van der Waals surface area contributed by atoms with Gasteiger partial charge in [-0.2, -0.15) is 0 Å². The van der Waals surface area contributed by atoms with E-state index in [2.05, 4.69) is 65.9 Å². The SMILES string of the molecule is Cc1ccc2c(c1)nc(-c1ccc(N3CCOCC3)cc1)n2C. The minimum absolute atomic E-state index is 0.811. The van der Waals surface area contributed by atoms with E-state index in [1.165, 1.54) is 16.8 Å². The first kappa shape index (κ1) is 14.3. The number of benzene rings is 2. The highest BCUT2D eigenvalue weighted by Crippen LogP contribution is 2.26. The summed E-state index contributed by atoms with van der Waals surface area (Å²) in [7, 11) is 2.08. The summed E-state index contributed by atoms with van der Waals surface area (Å²) in [4.78, 5) is 7.18. The number of morpholine rings is 1. The Morgan fingerprint density at radius 1 is 1.00 bits per heavy atom. The largest absolute Gasteiger partial charge is 0.378 e. The van der Waals surface area contributed by atoms with E-state index in [1.807, 2.05) is 0 Å². The number of fused-ring (bicyclic) bond motifs is 1. The number of hydrogen-bond acceptors (Lipinski definition) is 3. The number of anilines is 1. The maximum absolute atomic E-state index is 5.42. The quantitative estimate of drug-likeness (QED) is 0.727. The third kappa shape index (κ3) is 2.59. The molecular weight excluding hydrogens is 286 g/mol. The van der Waals surface area contributed by atoms with Crippen LogP contribution in [0.3, 0.4) is 0 Å². The van der Waals surface area contributed by atoms with Crippen LogP contribution in [0.4, 0.5) is 5.69 Å². The molecule has 4 nitrogen and oxygen atoms in total.